The van der Waals surface area contributed by atoms with Crippen LogP contribution in [0.25, 0.3) is 0 Å². The Kier molecular flexibility index (Phi) is 13.2. The Labute approximate surface area is 150 Å². The molecule has 0 aromatic carbocycles. The Morgan fingerprint density at radius 2 is 1.42 bits per heavy atom. The zero-order valence-corrected chi connectivity index (χ0v) is 16.2. The van der Waals surface area contributed by atoms with Gasteiger partial charge in [0.15, 0.2) is 0 Å². The standard InChI is InChI=1S/C21H40NO2/c1-3-4-5-6-7-8-9-10-11-12-13-14-15-16-21(23)24-20-17-18-22(2)19-20/h18,20H,3-17,19H2,1-2H3. The number of nitrogens with zero attached hydrogens (tertiary/aromatic N) is 1. The molecule has 0 N–H and O–H groups in total. The van der Waals surface area contributed by atoms with Gasteiger partial charge in [0.25, 0.3) is 0 Å². The quantitative estimate of drug-likeness (QED) is 0.276. The zero-order chi connectivity index (χ0) is 17.5. The molecule has 1 aliphatic heterocycles. The number of rotatable bonds is 15. The fourth-order valence-electron chi connectivity index (χ4n) is 3.39. The molecule has 1 rings (SSSR count). The lowest BCUT2D eigenvalue weighted by atomic mass is 10.0. The van der Waals surface area contributed by atoms with Crippen molar-refractivity contribution in [2.45, 2.75) is 109 Å². The predicted molar refractivity (Wildman–Crippen MR) is 102 cm³/mol. The van der Waals surface area contributed by atoms with Crippen LogP contribution in [0.1, 0.15) is 103 Å². The second kappa shape index (κ2) is 14.7. The lowest BCUT2D eigenvalue weighted by Crippen LogP contribution is -2.21. The van der Waals surface area contributed by atoms with Gasteiger partial charge in [0, 0.05) is 25.9 Å². The summed E-state index contributed by atoms with van der Waals surface area (Å²) in [5, 5.41) is 0. The molecule has 1 fully saturated rings. The van der Waals surface area contributed by atoms with E-state index < -0.39 is 0 Å². The Hall–Kier alpha value is -0.570. The summed E-state index contributed by atoms with van der Waals surface area (Å²) in [5.74, 6) is -0.00762. The molecule has 3 heteroatoms. The van der Waals surface area contributed by atoms with Gasteiger partial charge in [-0.05, 0) is 13.5 Å². The summed E-state index contributed by atoms with van der Waals surface area (Å²) in [4.78, 5) is 13.9. The molecule has 0 saturated carbocycles. The number of hydrogen-bond donors (Lipinski definition) is 0. The smallest absolute Gasteiger partial charge is 0.306 e. The molecular formula is C21H40NO2. The van der Waals surface area contributed by atoms with Gasteiger partial charge in [0.2, 0.25) is 0 Å². The highest BCUT2D eigenvalue weighted by Gasteiger charge is 2.22. The number of carbonyl (C=O) groups excluding carboxylic acids is 1. The van der Waals surface area contributed by atoms with Crippen molar-refractivity contribution in [3.63, 3.8) is 0 Å². The molecule has 24 heavy (non-hydrogen) atoms. The first-order valence-electron chi connectivity index (χ1n) is 10.5. The monoisotopic (exact) mass is 338 g/mol. The van der Waals surface area contributed by atoms with Gasteiger partial charge in [-0.1, -0.05) is 84.0 Å². The van der Waals surface area contributed by atoms with Crippen LogP contribution in [0.5, 0.6) is 0 Å². The van der Waals surface area contributed by atoms with Crippen LogP contribution in [0.3, 0.4) is 0 Å². The molecule has 1 heterocycles. The maximum absolute atomic E-state index is 11.8. The summed E-state index contributed by atoms with van der Waals surface area (Å²) >= 11 is 0. The Morgan fingerprint density at radius 3 is 1.88 bits per heavy atom. The molecule has 1 unspecified atom stereocenters. The summed E-state index contributed by atoms with van der Waals surface area (Å²) in [5.41, 5.74) is 0. The third-order valence-electron chi connectivity index (χ3n) is 4.95. The van der Waals surface area contributed by atoms with Crippen molar-refractivity contribution in [2.75, 3.05) is 13.6 Å². The fraction of sp³-hybridized carbons (Fsp3) is 0.905. The van der Waals surface area contributed by atoms with Gasteiger partial charge in [-0.15, -0.1) is 0 Å². The summed E-state index contributed by atoms with van der Waals surface area (Å²) in [6.45, 7) is 5.23. The van der Waals surface area contributed by atoms with Crippen LogP contribution < -0.4 is 0 Å². The van der Waals surface area contributed by atoms with E-state index >= 15 is 0 Å². The minimum Gasteiger partial charge on any atom is -0.461 e. The van der Waals surface area contributed by atoms with Crippen LogP contribution in [-0.2, 0) is 9.53 Å². The molecule has 0 aromatic rings. The number of esters is 1. The van der Waals surface area contributed by atoms with Gasteiger partial charge in [-0.3, -0.25) is 9.69 Å². The highest BCUT2D eigenvalue weighted by molar-refractivity contribution is 5.69. The number of hydrogen-bond acceptors (Lipinski definition) is 3. The lowest BCUT2D eigenvalue weighted by Gasteiger charge is -2.12. The second-order valence-corrected chi connectivity index (χ2v) is 7.46. The van der Waals surface area contributed by atoms with E-state index in [0.717, 1.165) is 19.4 Å². The lowest BCUT2D eigenvalue weighted by molar-refractivity contribution is -0.148. The second-order valence-electron chi connectivity index (χ2n) is 7.46. The number of unbranched alkanes of at least 4 members (excludes halogenated alkanes) is 12. The van der Waals surface area contributed by atoms with Gasteiger partial charge in [-0.25, -0.2) is 0 Å². The van der Waals surface area contributed by atoms with Gasteiger partial charge in [-0.2, -0.15) is 0 Å². The van der Waals surface area contributed by atoms with Crippen molar-refractivity contribution in [3.8, 4) is 0 Å². The fourth-order valence-corrected chi connectivity index (χ4v) is 3.39. The highest BCUT2D eigenvalue weighted by atomic mass is 16.5. The maximum Gasteiger partial charge on any atom is 0.306 e. The van der Waals surface area contributed by atoms with Crippen LogP contribution in [-0.4, -0.2) is 30.6 Å². The minimum atomic E-state index is -0.00762. The Morgan fingerprint density at radius 1 is 0.917 bits per heavy atom. The maximum atomic E-state index is 11.8. The number of likely N-dealkylation sites (N-methyl/N-ethyl adjacent to an activating group) is 1. The first kappa shape index (κ1) is 21.5. The number of ether oxygens (including phenoxy) is 1. The molecule has 1 aliphatic rings. The molecule has 3 nitrogen and oxygen atoms in total. The van der Waals surface area contributed by atoms with Crippen molar-refractivity contribution in [1.82, 2.24) is 4.90 Å². The molecule has 0 aliphatic carbocycles. The third kappa shape index (κ3) is 11.9. The average molecular weight is 339 g/mol. The number of likely N-dealkylation sites (tertiary alicyclic amines) is 1. The molecule has 0 bridgehead atoms. The SMILES string of the molecule is CCCCCCCCCCCCCCCC(=O)OC1C[CH]N(C)C1. The van der Waals surface area contributed by atoms with Crippen LogP contribution in [0.4, 0.5) is 0 Å². The molecule has 1 radical (unpaired) electrons. The van der Waals surface area contributed by atoms with E-state index in [1.54, 1.807) is 0 Å². The van der Waals surface area contributed by atoms with Gasteiger partial charge in [0.05, 0.1) is 0 Å². The average Bonchev–Trinajstić information content (AvgIpc) is 2.96. The van der Waals surface area contributed by atoms with Crippen molar-refractivity contribution in [1.29, 1.82) is 0 Å². The van der Waals surface area contributed by atoms with E-state index in [-0.39, 0.29) is 12.1 Å². The van der Waals surface area contributed by atoms with E-state index in [0.29, 0.717) is 6.42 Å². The van der Waals surface area contributed by atoms with E-state index in [1.807, 2.05) is 7.05 Å². The van der Waals surface area contributed by atoms with Crippen molar-refractivity contribution >= 4 is 5.97 Å². The van der Waals surface area contributed by atoms with Crippen molar-refractivity contribution in [3.05, 3.63) is 6.54 Å². The van der Waals surface area contributed by atoms with Crippen molar-refractivity contribution in [2.24, 2.45) is 0 Å². The molecule has 0 aromatic heterocycles. The molecule has 0 spiro atoms. The summed E-state index contributed by atoms with van der Waals surface area (Å²) in [7, 11) is 2.03. The minimum absolute atomic E-state index is 0.00762. The summed E-state index contributed by atoms with van der Waals surface area (Å²) < 4.78 is 5.48. The van der Waals surface area contributed by atoms with E-state index in [2.05, 4.69) is 18.4 Å². The first-order valence-corrected chi connectivity index (χ1v) is 10.5. The van der Waals surface area contributed by atoms with Crippen LogP contribution in [0.2, 0.25) is 0 Å². The largest absolute Gasteiger partial charge is 0.461 e. The molecule has 141 valence electrons. The molecule has 0 amide bonds. The predicted octanol–water partition coefficient (Wildman–Crippen LogP) is 5.88. The van der Waals surface area contributed by atoms with Gasteiger partial charge in [0.1, 0.15) is 6.10 Å². The topological polar surface area (TPSA) is 29.5 Å². The highest BCUT2D eigenvalue weighted by Crippen LogP contribution is 2.16. The normalized spacial score (nSPS) is 18.2. The molecule has 1 atom stereocenters. The summed E-state index contributed by atoms with van der Waals surface area (Å²) in [6, 6.07) is 0. The van der Waals surface area contributed by atoms with Crippen molar-refractivity contribution < 1.29 is 9.53 Å². The molecular weight excluding hydrogens is 298 g/mol. The van der Waals surface area contributed by atoms with Crippen LogP contribution in [0, 0.1) is 6.54 Å². The van der Waals surface area contributed by atoms with Gasteiger partial charge >= 0.3 is 5.97 Å². The van der Waals surface area contributed by atoms with E-state index in [4.69, 9.17) is 4.74 Å². The van der Waals surface area contributed by atoms with Gasteiger partial charge < -0.3 is 4.74 Å². The van der Waals surface area contributed by atoms with E-state index in [1.165, 1.54) is 77.0 Å². The van der Waals surface area contributed by atoms with E-state index in [9.17, 15) is 4.79 Å². The Balaban J connectivity index is 1.76. The third-order valence-corrected chi connectivity index (χ3v) is 4.95. The zero-order valence-electron chi connectivity index (χ0n) is 16.2. The summed E-state index contributed by atoms with van der Waals surface area (Å²) in [6.07, 6.45) is 18.9. The van der Waals surface area contributed by atoms with Crippen LogP contribution >= 0.6 is 0 Å². The van der Waals surface area contributed by atoms with Crippen LogP contribution in [0.15, 0.2) is 0 Å². The number of carbonyl (C=O) groups is 1. The molecule has 1 saturated heterocycles. The Bertz CT molecular complexity index is 306. The first-order chi connectivity index (χ1) is 11.7.